The minimum Gasteiger partial charge on any atom is -0.396 e. The van der Waals surface area contributed by atoms with Gasteiger partial charge in [0.1, 0.15) is 0 Å². The lowest BCUT2D eigenvalue weighted by molar-refractivity contribution is -0.104. The van der Waals surface area contributed by atoms with Crippen LogP contribution in [-0.2, 0) is 0 Å². The fourth-order valence-corrected chi connectivity index (χ4v) is 8.38. The molecule has 0 aromatic rings. The summed E-state index contributed by atoms with van der Waals surface area (Å²) >= 11 is 0. The summed E-state index contributed by atoms with van der Waals surface area (Å²) in [5.41, 5.74) is 0.912. The highest BCUT2D eigenvalue weighted by Crippen LogP contribution is 2.66. The van der Waals surface area contributed by atoms with Crippen molar-refractivity contribution in [2.75, 3.05) is 6.61 Å². The minimum atomic E-state index is -0.0347. The van der Waals surface area contributed by atoms with Crippen LogP contribution in [0.4, 0.5) is 0 Å². The Kier molecular flexibility index (Phi) is 4.53. The Bertz CT molecular complexity index is 463. The summed E-state index contributed by atoms with van der Waals surface area (Å²) in [7, 11) is 0. The van der Waals surface area contributed by atoms with Crippen molar-refractivity contribution in [3.05, 3.63) is 0 Å². The van der Waals surface area contributed by atoms with Crippen molar-refractivity contribution in [3.8, 4) is 0 Å². The van der Waals surface area contributed by atoms with E-state index in [1.54, 1.807) is 0 Å². The Labute approximate surface area is 148 Å². The zero-order valence-electron chi connectivity index (χ0n) is 15.8. The van der Waals surface area contributed by atoms with E-state index in [2.05, 4.69) is 13.8 Å². The van der Waals surface area contributed by atoms with E-state index in [0.29, 0.717) is 23.4 Å². The molecular formula is C22H38O2. The van der Waals surface area contributed by atoms with Crippen molar-refractivity contribution in [2.45, 2.75) is 90.6 Å². The number of rotatable bonds is 2. The summed E-state index contributed by atoms with van der Waals surface area (Å²) < 4.78 is 0. The highest BCUT2D eigenvalue weighted by Gasteiger charge is 2.59. The highest BCUT2D eigenvalue weighted by molar-refractivity contribution is 5.08. The average molecular weight is 335 g/mol. The van der Waals surface area contributed by atoms with Gasteiger partial charge in [-0.3, -0.25) is 0 Å². The molecule has 0 aromatic heterocycles. The quantitative estimate of drug-likeness (QED) is 0.763. The lowest BCUT2D eigenvalue weighted by Crippen LogP contribution is -2.51. The van der Waals surface area contributed by atoms with Crippen LogP contribution in [0, 0.1) is 40.4 Å². The molecule has 4 fully saturated rings. The van der Waals surface area contributed by atoms with Gasteiger partial charge >= 0.3 is 0 Å². The zero-order valence-corrected chi connectivity index (χ0v) is 15.8. The maximum absolute atomic E-state index is 10.2. The maximum atomic E-state index is 10.2. The third-order valence-electron chi connectivity index (χ3n) is 9.65. The first-order valence-corrected chi connectivity index (χ1v) is 10.8. The van der Waals surface area contributed by atoms with Gasteiger partial charge in [-0.2, -0.15) is 0 Å². The standard InChI is InChI=1S/C22H38O2/c1-3-22-12-10-17(24)13-15(22)6-8-18-19-9-7-16(14-23)21(19,2)11-4-5-20(18)22/h15-20,23-24H,3-14H2,1-2H3/t15?,16?,17?,18?,19?,20?,21-,22+/m1/s1. The second-order valence-electron chi connectivity index (χ2n) is 10.0. The monoisotopic (exact) mass is 334 g/mol. The molecule has 4 rings (SSSR count). The van der Waals surface area contributed by atoms with Crippen LogP contribution >= 0.6 is 0 Å². The highest BCUT2D eigenvalue weighted by atomic mass is 16.3. The van der Waals surface area contributed by atoms with Gasteiger partial charge in [0.2, 0.25) is 0 Å². The fraction of sp³-hybridized carbons (Fsp3) is 1.00. The summed E-state index contributed by atoms with van der Waals surface area (Å²) in [5, 5.41) is 20.2. The van der Waals surface area contributed by atoms with E-state index in [4.69, 9.17) is 0 Å². The molecule has 24 heavy (non-hydrogen) atoms. The van der Waals surface area contributed by atoms with Crippen molar-refractivity contribution in [3.63, 3.8) is 0 Å². The Morgan fingerprint density at radius 3 is 2.54 bits per heavy atom. The number of hydrogen-bond acceptors (Lipinski definition) is 2. The summed E-state index contributed by atoms with van der Waals surface area (Å²) in [6.45, 7) is 5.35. The maximum Gasteiger partial charge on any atom is 0.0543 e. The molecule has 4 aliphatic rings. The van der Waals surface area contributed by atoms with E-state index in [-0.39, 0.29) is 6.10 Å². The molecular weight excluding hydrogens is 296 g/mol. The topological polar surface area (TPSA) is 40.5 Å². The normalized spacial score (nSPS) is 54.5. The van der Waals surface area contributed by atoms with Crippen LogP contribution in [0.1, 0.15) is 84.5 Å². The second kappa shape index (κ2) is 6.27. The van der Waals surface area contributed by atoms with E-state index in [9.17, 15) is 10.2 Å². The van der Waals surface area contributed by atoms with Crippen molar-refractivity contribution in [2.24, 2.45) is 40.4 Å². The molecule has 4 aliphatic carbocycles. The first-order valence-electron chi connectivity index (χ1n) is 10.8. The van der Waals surface area contributed by atoms with E-state index in [1.807, 2.05) is 0 Å². The molecule has 0 bridgehead atoms. The Hall–Kier alpha value is -0.0800. The van der Waals surface area contributed by atoms with E-state index >= 15 is 0 Å². The molecule has 2 heteroatoms. The molecule has 0 aliphatic heterocycles. The van der Waals surface area contributed by atoms with Crippen LogP contribution in [0.2, 0.25) is 0 Å². The third kappa shape index (κ3) is 2.35. The molecule has 138 valence electrons. The van der Waals surface area contributed by atoms with Gasteiger partial charge in [0.05, 0.1) is 6.10 Å². The fourth-order valence-electron chi connectivity index (χ4n) is 8.38. The second-order valence-corrected chi connectivity index (χ2v) is 10.0. The molecule has 0 heterocycles. The molecule has 0 saturated heterocycles. The number of aliphatic hydroxyl groups excluding tert-OH is 2. The van der Waals surface area contributed by atoms with Gasteiger partial charge < -0.3 is 10.2 Å². The van der Waals surface area contributed by atoms with E-state index in [0.717, 1.165) is 36.5 Å². The first-order chi connectivity index (χ1) is 11.5. The first kappa shape index (κ1) is 17.3. The van der Waals surface area contributed by atoms with Gasteiger partial charge in [-0.25, -0.2) is 0 Å². The number of fused-ring (bicyclic) bond motifs is 5. The average Bonchev–Trinajstić information content (AvgIpc) is 2.83. The Morgan fingerprint density at radius 1 is 0.958 bits per heavy atom. The van der Waals surface area contributed by atoms with Crippen LogP contribution in [0.3, 0.4) is 0 Å². The van der Waals surface area contributed by atoms with Crippen LogP contribution < -0.4 is 0 Å². The number of aliphatic hydroxyl groups is 2. The van der Waals surface area contributed by atoms with E-state index < -0.39 is 0 Å². The van der Waals surface area contributed by atoms with Crippen molar-refractivity contribution in [1.82, 2.24) is 0 Å². The summed E-state index contributed by atoms with van der Waals surface area (Å²) in [6, 6.07) is 0. The van der Waals surface area contributed by atoms with Gasteiger partial charge in [0.25, 0.3) is 0 Å². The molecule has 0 spiro atoms. The van der Waals surface area contributed by atoms with Gasteiger partial charge in [-0.1, -0.05) is 20.3 Å². The van der Waals surface area contributed by atoms with Crippen molar-refractivity contribution < 1.29 is 10.2 Å². The molecule has 6 unspecified atom stereocenters. The molecule has 0 radical (unpaired) electrons. The molecule has 2 N–H and O–H groups in total. The molecule has 0 amide bonds. The minimum absolute atomic E-state index is 0.0347. The van der Waals surface area contributed by atoms with E-state index in [1.165, 1.54) is 57.8 Å². The third-order valence-corrected chi connectivity index (χ3v) is 9.65. The SMILES string of the molecule is CC[C@]12CCC(O)CC1CCC1C3CCC(CO)[C@@]3(C)CCCC12. The van der Waals surface area contributed by atoms with Crippen LogP contribution in [0.5, 0.6) is 0 Å². The van der Waals surface area contributed by atoms with Crippen LogP contribution in [0.25, 0.3) is 0 Å². The van der Waals surface area contributed by atoms with Crippen LogP contribution in [0.15, 0.2) is 0 Å². The summed E-state index contributed by atoms with van der Waals surface area (Å²) in [6.07, 6.45) is 14.1. The molecule has 0 aromatic carbocycles. The molecule has 4 saturated carbocycles. The van der Waals surface area contributed by atoms with Crippen molar-refractivity contribution in [1.29, 1.82) is 0 Å². The van der Waals surface area contributed by atoms with Gasteiger partial charge in [-0.15, -0.1) is 0 Å². The smallest absolute Gasteiger partial charge is 0.0543 e. The van der Waals surface area contributed by atoms with Crippen molar-refractivity contribution >= 4 is 0 Å². The summed E-state index contributed by atoms with van der Waals surface area (Å²) in [5.74, 6) is 3.94. The number of hydrogen-bond donors (Lipinski definition) is 2. The zero-order chi connectivity index (χ0) is 16.9. The Balaban J connectivity index is 1.66. The lowest BCUT2D eigenvalue weighted by atomic mass is 9.47. The lowest BCUT2D eigenvalue weighted by Gasteiger charge is -2.58. The largest absolute Gasteiger partial charge is 0.396 e. The Morgan fingerprint density at radius 2 is 1.79 bits per heavy atom. The van der Waals surface area contributed by atoms with Gasteiger partial charge in [-0.05, 0) is 105 Å². The predicted molar refractivity (Wildman–Crippen MR) is 97.5 cm³/mol. The van der Waals surface area contributed by atoms with Gasteiger partial charge in [0.15, 0.2) is 0 Å². The van der Waals surface area contributed by atoms with Gasteiger partial charge in [0, 0.05) is 6.61 Å². The molecule has 2 nitrogen and oxygen atoms in total. The molecule has 8 atom stereocenters. The van der Waals surface area contributed by atoms with Crippen LogP contribution in [-0.4, -0.2) is 22.9 Å². The summed E-state index contributed by atoms with van der Waals surface area (Å²) in [4.78, 5) is 0. The predicted octanol–water partition coefficient (Wildman–Crippen LogP) is 4.78.